The molecule has 0 aromatic rings. The monoisotopic (exact) mass is 247 g/mol. The van der Waals surface area contributed by atoms with Crippen molar-refractivity contribution in [3.05, 3.63) is 10.2 Å². The second-order valence-electron chi connectivity index (χ2n) is 2.38. The van der Waals surface area contributed by atoms with Gasteiger partial charge in [0.25, 0.3) is 5.91 Å². The van der Waals surface area contributed by atoms with Crippen LogP contribution >= 0.6 is 15.9 Å². The number of nitrogens with zero attached hydrogens (tertiary/aromatic N) is 2. The van der Waals surface area contributed by atoms with Crippen molar-refractivity contribution in [3.63, 3.8) is 0 Å². The smallest absolute Gasteiger partial charge is 0.294 e. The van der Waals surface area contributed by atoms with Crippen LogP contribution in [0.4, 0.5) is 0 Å². The van der Waals surface area contributed by atoms with Gasteiger partial charge >= 0.3 is 0 Å². The number of carbonyl (C=O) groups is 1. The van der Waals surface area contributed by atoms with E-state index in [1.54, 1.807) is 7.05 Å². The maximum atomic E-state index is 11.5. The van der Waals surface area contributed by atoms with Crippen molar-refractivity contribution < 1.29 is 9.63 Å². The molecule has 0 aromatic carbocycles. The van der Waals surface area contributed by atoms with Gasteiger partial charge in [0, 0.05) is 11.5 Å². The summed E-state index contributed by atoms with van der Waals surface area (Å²) in [5.41, 5.74) is 0.458. The number of aliphatic imine (C=N–C) groups is 1. The first-order valence-corrected chi connectivity index (χ1v) is 4.41. The molecule has 1 amide bonds. The molecule has 0 aliphatic carbocycles. The zero-order valence-electron chi connectivity index (χ0n) is 7.37. The number of amides is 1. The predicted molar refractivity (Wildman–Crippen MR) is 52.2 cm³/mol. The summed E-state index contributed by atoms with van der Waals surface area (Å²) in [5, 5.41) is 3.90. The Bertz CT molecular complexity index is 275. The van der Waals surface area contributed by atoms with Crippen molar-refractivity contribution in [3.8, 4) is 0 Å². The third kappa shape index (κ3) is 2.28. The van der Waals surface area contributed by atoms with Gasteiger partial charge < -0.3 is 5.32 Å². The molecule has 0 saturated carbocycles. The zero-order chi connectivity index (χ0) is 9.84. The molecule has 72 valence electrons. The topological polar surface area (TPSA) is 53.9 Å². The van der Waals surface area contributed by atoms with E-state index in [4.69, 9.17) is 4.84 Å². The Kier molecular flexibility index (Phi) is 3.44. The van der Waals surface area contributed by atoms with E-state index in [-0.39, 0.29) is 5.91 Å². The van der Waals surface area contributed by atoms with Gasteiger partial charge in [0.15, 0.2) is 0 Å². The average Bonchev–Trinajstić information content (AvgIpc) is 2.16. The van der Waals surface area contributed by atoms with Crippen LogP contribution in [0.25, 0.3) is 0 Å². The van der Waals surface area contributed by atoms with Crippen LogP contribution in [-0.2, 0) is 9.63 Å². The van der Waals surface area contributed by atoms with Crippen molar-refractivity contribution in [2.75, 3.05) is 20.7 Å². The van der Waals surface area contributed by atoms with Crippen molar-refractivity contribution in [2.24, 2.45) is 4.99 Å². The van der Waals surface area contributed by atoms with Crippen LogP contribution in [0.15, 0.2) is 15.2 Å². The maximum absolute atomic E-state index is 11.5. The molecule has 0 bridgehead atoms. The molecular weight excluding hydrogens is 238 g/mol. The fraction of sp³-hybridized carbons (Fsp3) is 0.429. The van der Waals surface area contributed by atoms with Crippen molar-refractivity contribution in [2.45, 2.75) is 0 Å². The number of hydrogen-bond donors (Lipinski definition) is 1. The lowest BCUT2D eigenvalue weighted by Gasteiger charge is -2.18. The summed E-state index contributed by atoms with van der Waals surface area (Å²) in [4.78, 5) is 20.2. The van der Waals surface area contributed by atoms with Crippen LogP contribution < -0.4 is 5.32 Å². The second kappa shape index (κ2) is 4.38. The summed E-state index contributed by atoms with van der Waals surface area (Å²) in [7, 11) is 2.98. The van der Waals surface area contributed by atoms with E-state index in [0.29, 0.717) is 12.2 Å². The van der Waals surface area contributed by atoms with Gasteiger partial charge in [0.1, 0.15) is 5.70 Å². The van der Waals surface area contributed by atoms with E-state index in [1.807, 2.05) is 0 Å². The molecule has 0 atom stereocenters. The van der Waals surface area contributed by atoms with Gasteiger partial charge in [-0.1, -0.05) is 15.9 Å². The van der Waals surface area contributed by atoms with Crippen molar-refractivity contribution >= 4 is 28.2 Å². The average molecular weight is 248 g/mol. The summed E-state index contributed by atoms with van der Waals surface area (Å²) >= 11 is 3.25. The van der Waals surface area contributed by atoms with Crippen LogP contribution in [0.5, 0.6) is 0 Å². The molecule has 1 N–H and O–H groups in total. The molecule has 0 radical (unpaired) electrons. The fourth-order valence-corrected chi connectivity index (χ4v) is 1.24. The highest BCUT2D eigenvalue weighted by Gasteiger charge is 2.19. The summed E-state index contributed by atoms with van der Waals surface area (Å²) < 4.78 is 0.726. The Morgan fingerprint density at radius 2 is 2.54 bits per heavy atom. The van der Waals surface area contributed by atoms with E-state index < -0.39 is 0 Å². The Morgan fingerprint density at radius 3 is 3.08 bits per heavy atom. The van der Waals surface area contributed by atoms with Gasteiger partial charge in [-0.2, -0.15) is 0 Å². The van der Waals surface area contributed by atoms with Crippen LogP contribution in [0.1, 0.15) is 0 Å². The van der Waals surface area contributed by atoms with Crippen LogP contribution in [0.2, 0.25) is 0 Å². The maximum Gasteiger partial charge on any atom is 0.294 e. The lowest BCUT2D eigenvalue weighted by Crippen LogP contribution is -2.34. The molecular formula is C7H10BrN3O2. The normalized spacial score (nSPS) is 15.6. The van der Waals surface area contributed by atoms with Crippen LogP contribution in [0, 0.1) is 0 Å². The Hall–Kier alpha value is -0.880. The van der Waals surface area contributed by atoms with Gasteiger partial charge in [-0.15, -0.1) is 0 Å². The number of halogens is 1. The Labute approximate surface area is 84.5 Å². The van der Waals surface area contributed by atoms with E-state index in [1.165, 1.54) is 13.4 Å². The number of hydroxylamine groups is 2. The third-order valence-corrected chi connectivity index (χ3v) is 2.22. The molecule has 0 spiro atoms. The predicted octanol–water partition coefficient (Wildman–Crippen LogP) is 0.244. The quantitative estimate of drug-likeness (QED) is 0.712. The second-order valence-corrected chi connectivity index (χ2v) is 3.34. The minimum Gasteiger partial charge on any atom is -0.341 e. The van der Waals surface area contributed by atoms with E-state index in [2.05, 4.69) is 26.2 Å². The molecule has 1 rings (SSSR count). The molecule has 1 aliphatic rings. The van der Waals surface area contributed by atoms with Crippen LogP contribution in [-0.4, -0.2) is 38.0 Å². The molecule has 0 aromatic heterocycles. The Morgan fingerprint density at radius 1 is 1.85 bits per heavy atom. The molecule has 13 heavy (non-hydrogen) atoms. The number of nitrogens with one attached hydrogen (secondary N) is 1. The van der Waals surface area contributed by atoms with Gasteiger partial charge in [0.05, 0.1) is 20.0 Å². The first-order valence-electron chi connectivity index (χ1n) is 3.62. The molecule has 1 aliphatic heterocycles. The summed E-state index contributed by atoms with van der Waals surface area (Å²) in [6.07, 6.45) is 1.49. The molecule has 1 heterocycles. The summed E-state index contributed by atoms with van der Waals surface area (Å²) in [5.74, 6) is -0.236. The minimum absolute atomic E-state index is 0.236. The Balaban J connectivity index is 2.76. The van der Waals surface area contributed by atoms with Crippen molar-refractivity contribution in [1.82, 2.24) is 10.4 Å². The highest BCUT2D eigenvalue weighted by atomic mass is 79.9. The standard InChI is InChI=1S/C7H10BrN3O2/c1-11(13-2)7(12)6-5(8)3-9-4-10-6/h4H,3H2,1-2H3,(H,9,10). The molecule has 0 fully saturated rings. The SMILES string of the molecule is CON(C)C(=O)C1=C(Br)CN=CN1. The first kappa shape index (κ1) is 10.2. The van der Waals surface area contributed by atoms with Gasteiger partial charge in [-0.05, 0) is 0 Å². The molecule has 6 heteroatoms. The largest absolute Gasteiger partial charge is 0.341 e. The highest BCUT2D eigenvalue weighted by molar-refractivity contribution is 9.11. The number of rotatable bonds is 2. The van der Waals surface area contributed by atoms with Gasteiger partial charge in [0.2, 0.25) is 0 Å². The highest BCUT2D eigenvalue weighted by Crippen LogP contribution is 2.14. The zero-order valence-corrected chi connectivity index (χ0v) is 8.96. The molecule has 0 saturated heterocycles. The van der Waals surface area contributed by atoms with Gasteiger partial charge in [-0.3, -0.25) is 14.6 Å². The van der Waals surface area contributed by atoms with E-state index in [0.717, 1.165) is 9.55 Å². The number of carbonyl (C=O) groups excluding carboxylic acids is 1. The van der Waals surface area contributed by atoms with Crippen molar-refractivity contribution in [1.29, 1.82) is 0 Å². The molecule has 5 nitrogen and oxygen atoms in total. The fourth-order valence-electron chi connectivity index (χ4n) is 0.811. The molecule has 0 unspecified atom stereocenters. The number of hydrogen-bond acceptors (Lipinski definition) is 4. The third-order valence-electron chi connectivity index (χ3n) is 1.58. The first-order chi connectivity index (χ1) is 6.16. The van der Waals surface area contributed by atoms with E-state index in [9.17, 15) is 4.79 Å². The van der Waals surface area contributed by atoms with E-state index >= 15 is 0 Å². The summed E-state index contributed by atoms with van der Waals surface area (Å²) in [6.45, 7) is 0.478. The lowest BCUT2D eigenvalue weighted by molar-refractivity contribution is -0.164. The minimum atomic E-state index is -0.236. The number of likely N-dealkylation sites (N-methyl/N-ethyl adjacent to an activating group) is 1. The van der Waals surface area contributed by atoms with Gasteiger partial charge in [-0.25, -0.2) is 5.06 Å². The summed E-state index contributed by atoms with van der Waals surface area (Å²) in [6, 6.07) is 0. The lowest BCUT2D eigenvalue weighted by atomic mass is 10.3. The van der Waals surface area contributed by atoms with Crippen LogP contribution in [0.3, 0.4) is 0 Å².